The Balaban J connectivity index is 3.02. The van der Waals surface area contributed by atoms with Crippen molar-refractivity contribution in [2.45, 2.75) is 20.8 Å². The molecule has 1 rings (SSSR count). The van der Waals surface area contributed by atoms with E-state index in [2.05, 4.69) is 10.6 Å². The molecule has 5 nitrogen and oxygen atoms in total. The maximum atomic E-state index is 11.9. The van der Waals surface area contributed by atoms with Crippen molar-refractivity contribution >= 4 is 28.2 Å². The van der Waals surface area contributed by atoms with E-state index in [4.69, 9.17) is 5.73 Å². The first-order valence-electron chi connectivity index (χ1n) is 5.33. The Hall–Kier alpha value is -1.40. The molecular formula is C11H17N3O2S. The Bertz CT molecular complexity index is 440. The molecule has 0 aliphatic rings. The number of aryl methyl sites for hydroxylation is 1. The molecule has 2 amide bonds. The van der Waals surface area contributed by atoms with E-state index in [0.29, 0.717) is 23.7 Å². The van der Waals surface area contributed by atoms with Crippen molar-refractivity contribution in [2.24, 2.45) is 5.73 Å². The SMILES string of the molecule is CC(=O)Nc1sc(C)c(C)c1C(=O)NCCN. The van der Waals surface area contributed by atoms with Crippen molar-refractivity contribution < 1.29 is 9.59 Å². The molecule has 1 aromatic rings. The van der Waals surface area contributed by atoms with Crippen LogP contribution in [0.15, 0.2) is 0 Å². The molecule has 94 valence electrons. The molecular weight excluding hydrogens is 238 g/mol. The monoisotopic (exact) mass is 255 g/mol. The predicted octanol–water partition coefficient (Wildman–Crippen LogP) is 1.01. The van der Waals surface area contributed by atoms with Crippen molar-refractivity contribution in [3.63, 3.8) is 0 Å². The lowest BCUT2D eigenvalue weighted by atomic mass is 10.1. The van der Waals surface area contributed by atoms with E-state index in [0.717, 1.165) is 10.4 Å². The highest BCUT2D eigenvalue weighted by molar-refractivity contribution is 7.16. The third-order valence-electron chi connectivity index (χ3n) is 2.33. The molecule has 6 heteroatoms. The average Bonchev–Trinajstić information content (AvgIpc) is 2.50. The number of nitrogens with one attached hydrogen (secondary N) is 2. The summed E-state index contributed by atoms with van der Waals surface area (Å²) in [5.41, 5.74) is 6.77. The van der Waals surface area contributed by atoms with E-state index in [-0.39, 0.29) is 11.8 Å². The van der Waals surface area contributed by atoms with Crippen LogP contribution >= 0.6 is 11.3 Å². The van der Waals surface area contributed by atoms with Gasteiger partial charge in [0, 0.05) is 24.9 Å². The van der Waals surface area contributed by atoms with Crippen LogP contribution in [0.3, 0.4) is 0 Å². The van der Waals surface area contributed by atoms with Crippen LogP contribution < -0.4 is 16.4 Å². The molecule has 0 bridgehead atoms. The Morgan fingerprint density at radius 3 is 2.53 bits per heavy atom. The van der Waals surface area contributed by atoms with E-state index in [1.807, 2.05) is 13.8 Å². The van der Waals surface area contributed by atoms with Gasteiger partial charge in [0.15, 0.2) is 0 Å². The number of thiophene rings is 1. The summed E-state index contributed by atoms with van der Waals surface area (Å²) in [5.74, 6) is -0.375. The molecule has 0 radical (unpaired) electrons. The Labute approximate surface area is 104 Å². The third kappa shape index (κ3) is 3.28. The third-order valence-corrected chi connectivity index (χ3v) is 3.45. The fourth-order valence-electron chi connectivity index (χ4n) is 1.42. The fourth-order valence-corrected chi connectivity index (χ4v) is 2.53. The second-order valence-electron chi connectivity index (χ2n) is 3.71. The maximum Gasteiger partial charge on any atom is 0.254 e. The zero-order chi connectivity index (χ0) is 13.0. The number of nitrogens with two attached hydrogens (primary N) is 1. The Morgan fingerprint density at radius 1 is 1.35 bits per heavy atom. The van der Waals surface area contributed by atoms with Crippen LogP contribution in [0.2, 0.25) is 0 Å². The van der Waals surface area contributed by atoms with Gasteiger partial charge < -0.3 is 16.4 Å². The molecule has 0 unspecified atom stereocenters. The minimum Gasteiger partial charge on any atom is -0.351 e. The number of anilines is 1. The molecule has 0 fully saturated rings. The summed E-state index contributed by atoms with van der Waals surface area (Å²) in [5, 5.41) is 5.99. The second kappa shape index (κ2) is 5.79. The quantitative estimate of drug-likeness (QED) is 0.750. The van der Waals surface area contributed by atoms with Crippen LogP contribution in [-0.2, 0) is 4.79 Å². The van der Waals surface area contributed by atoms with Gasteiger partial charge in [-0.2, -0.15) is 0 Å². The number of carbonyl (C=O) groups is 2. The minimum atomic E-state index is -0.193. The summed E-state index contributed by atoms with van der Waals surface area (Å²) in [7, 11) is 0. The van der Waals surface area contributed by atoms with Crippen molar-refractivity contribution in [3.05, 3.63) is 16.0 Å². The summed E-state index contributed by atoms with van der Waals surface area (Å²) in [6.45, 7) is 6.03. The zero-order valence-corrected chi connectivity index (χ0v) is 11.0. The van der Waals surface area contributed by atoms with Gasteiger partial charge >= 0.3 is 0 Å². The molecule has 0 aliphatic carbocycles. The lowest BCUT2D eigenvalue weighted by molar-refractivity contribution is -0.114. The van der Waals surface area contributed by atoms with Gasteiger partial charge in [0.25, 0.3) is 5.91 Å². The normalized spacial score (nSPS) is 10.1. The van der Waals surface area contributed by atoms with Gasteiger partial charge in [-0.05, 0) is 19.4 Å². The van der Waals surface area contributed by atoms with Crippen molar-refractivity contribution in [2.75, 3.05) is 18.4 Å². The standard InChI is InChI=1S/C11H17N3O2S/c1-6-7(2)17-11(14-8(3)15)9(6)10(16)13-5-4-12/h4-5,12H2,1-3H3,(H,13,16)(H,14,15). The second-order valence-corrected chi connectivity index (χ2v) is 4.94. The van der Waals surface area contributed by atoms with E-state index in [9.17, 15) is 9.59 Å². The molecule has 4 N–H and O–H groups in total. The van der Waals surface area contributed by atoms with Crippen LogP contribution in [-0.4, -0.2) is 24.9 Å². The lowest BCUT2D eigenvalue weighted by Crippen LogP contribution is -2.29. The van der Waals surface area contributed by atoms with Gasteiger partial charge in [-0.25, -0.2) is 0 Å². The van der Waals surface area contributed by atoms with Crippen LogP contribution in [0.25, 0.3) is 0 Å². The molecule has 0 aromatic carbocycles. The average molecular weight is 255 g/mol. The van der Waals surface area contributed by atoms with Gasteiger partial charge in [-0.15, -0.1) is 11.3 Å². The van der Waals surface area contributed by atoms with Gasteiger partial charge in [0.05, 0.1) is 5.56 Å². The summed E-state index contributed by atoms with van der Waals surface area (Å²) in [6.07, 6.45) is 0. The van der Waals surface area contributed by atoms with Gasteiger partial charge in [-0.3, -0.25) is 9.59 Å². The number of rotatable bonds is 4. The van der Waals surface area contributed by atoms with Crippen LogP contribution in [0.5, 0.6) is 0 Å². The largest absolute Gasteiger partial charge is 0.351 e. The van der Waals surface area contributed by atoms with Gasteiger partial charge in [-0.1, -0.05) is 0 Å². The van der Waals surface area contributed by atoms with Crippen LogP contribution in [0.4, 0.5) is 5.00 Å². The first-order chi connectivity index (χ1) is 7.97. The fraction of sp³-hybridized carbons (Fsp3) is 0.455. The van der Waals surface area contributed by atoms with Gasteiger partial charge in [0.2, 0.25) is 5.91 Å². The molecule has 0 spiro atoms. The van der Waals surface area contributed by atoms with E-state index in [1.165, 1.54) is 18.3 Å². The number of hydrogen-bond acceptors (Lipinski definition) is 4. The molecule has 1 aromatic heterocycles. The van der Waals surface area contributed by atoms with Crippen LogP contribution in [0, 0.1) is 13.8 Å². The van der Waals surface area contributed by atoms with E-state index in [1.54, 1.807) is 0 Å². The molecule has 0 saturated heterocycles. The van der Waals surface area contributed by atoms with E-state index < -0.39 is 0 Å². The predicted molar refractivity (Wildman–Crippen MR) is 69.5 cm³/mol. The van der Waals surface area contributed by atoms with Crippen molar-refractivity contribution in [1.82, 2.24) is 5.32 Å². The molecule has 1 heterocycles. The summed E-state index contributed by atoms with van der Waals surface area (Å²) >= 11 is 1.41. The summed E-state index contributed by atoms with van der Waals surface area (Å²) < 4.78 is 0. The van der Waals surface area contributed by atoms with Crippen molar-refractivity contribution in [1.29, 1.82) is 0 Å². The Kier molecular flexibility index (Phi) is 4.65. The molecule has 17 heavy (non-hydrogen) atoms. The number of hydrogen-bond donors (Lipinski definition) is 3. The highest BCUT2D eigenvalue weighted by atomic mass is 32.1. The smallest absolute Gasteiger partial charge is 0.254 e. The lowest BCUT2D eigenvalue weighted by Gasteiger charge is -2.06. The highest BCUT2D eigenvalue weighted by Crippen LogP contribution is 2.32. The number of carbonyl (C=O) groups excluding carboxylic acids is 2. The minimum absolute atomic E-state index is 0.181. The molecule has 0 aliphatic heterocycles. The van der Waals surface area contributed by atoms with E-state index >= 15 is 0 Å². The maximum absolute atomic E-state index is 11.9. The zero-order valence-electron chi connectivity index (χ0n) is 10.2. The molecule has 0 saturated carbocycles. The molecule has 0 atom stereocenters. The topological polar surface area (TPSA) is 84.2 Å². The van der Waals surface area contributed by atoms with Crippen LogP contribution in [0.1, 0.15) is 27.7 Å². The summed E-state index contributed by atoms with van der Waals surface area (Å²) in [6, 6.07) is 0. The first-order valence-corrected chi connectivity index (χ1v) is 6.14. The van der Waals surface area contributed by atoms with Gasteiger partial charge in [0.1, 0.15) is 5.00 Å². The Morgan fingerprint density at radius 2 is 2.00 bits per heavy atom. The summed E-state index contributed by atoms with van der Waals surface area (Å²) in [4.78, 5) is 24.0. The highest BCUT2D eigenvalue weighted by Gasteiger charge is 2.19. The number of amides is 2. The first kappa shape index (κ1) is 13.7. The van der Waals surface area contributed by atoms with Crippen molar-refractivity contribution in [3.8, 4) is 0 Å².